The first-order chi connectivity index (χ1) is 14.9. The third-order valence-electron chi connectivity index (χ3n) is 3.98. The molecule has 2 N–H and O–H groups in total. The van der Waals surface area contributed by atoms with Gasteiger partial charge in [0.05, 0.1) is 10.7 Å². The summed E-state index contributed by atoms with van der Waals surface area (Å²) in [5.41, 5.74) is 3.95. The van der Waals surface area contributed by atoms with E-state index in [-0.39, 0.29) is 0 Å². The predicted molar refractivity (Wildman–Crippen MR) is 121 cm³/mol. The fourth-order valence-electron chi connectivity index (χ4n) is 2.42. The van der Waals surface area contributed by atoms with Crippen molar-refractivity contribution in [3.8, 4) is 5.75 Å². The van der Waals surface area contributed by atoms with Crippen LogP contribution in [0.5, 0.6) is 5.75 Å². The van der Waals surface area contributed by atoms with Crippen LogP contribution in [0.4, 0.5) is 10.1 Å². The molecule has 0 aromatic heterocycles. The van der Waals surface area contributed by atoms with Crippen LogP contribution < -0.4 is 15.5 Å². The minimum atomic E-state index is -0.959. The molecule has 0 aliphatic rings. The highest BCUT2D eigenvalue weighted by molar-refractivity contribution is 9.10. The summed E-state index contributed by atoms with van der Waals surface area (Å²) < 4.78 is 19.3. The fourth-order valence-corrected chi connectivity index (χ4v) is 3.12. The van der Waals surface area contributed by atoms with Crippen LogP contribution in [0, 0.1) is 5.82 Å². The Morgan fingerprint density at radius 2 is 1.81 bits per heavy atom. The summed E-state index contributed by atoms with van der Waals surface area (Å²) in [4.78, 5) is 23.6. The molecule has 2 amide bonds. The van der Waals surface area contributed by atoms with E-state index < -0.39 is 17.6 Å². The highest BCUT2D eigenvalue weighted by Crippen LogP contribution is 2.27. The summed E-state index contributed by atoms with van der Waals surface area (Å²) >= 11 is 9.55. The molecule has 0 atom stereocenters. The largest absolute Gasteiger partial charge is 0.488 e. The van der Waals surface area contributed by atoms with Crippen LogP contribution in [0.15, 0.2) is 76.3 Å². The molecule has 9 heteroatoms. The number of nitrogens with one attached hydrogen (secondary N) is 2. The normalized spacial score (nSPS) is 10.7. The minimum Gasteiger partial charge on any atom is -0.488 e. The standard InChI is InChI=1S/C22H16BrClFN3O3/c23-18-11-14(5-10-20(18)31-13-15-3-1-2-4-19(15)24)12-26-28-22(30)21(29)27-17-8-6-16(25)7-9-17/h1-12H,13H2,(H,27,29)(H,28,30)/b26-12-. The van der Waals surface area contributed by atoms with Crippen molar-refractivity contribution in [3.05, 3.63) is 93.2 Å². The van der Waals surface area contributed by atoms with Crippen LogP contribution in [-0.2, 0) is 16.2 Å². The SMILES string of the molecule is O=C(N/N=C\c1ccc(OCc2ccccc2Cl)c(Br)c1)C(=O)Nc1ccc(F)cc1. The van der Waals surface area contributed by atoms with Gasteiger partial charge in [0.1, 0.15) is 18.2 Å². The first-order valence-corrected chi connectivity index (χ1v) is 10.1. The molecular weight excluding hydrogens is 489 g/mol. The van der Waals surface area contributed by atoms with Gasteiger partial charge in [0.15, 0.2) is 0 Å². The summed E-state index contributed by atoms with van der Waals surface area (Å²) in [7, 11) is 0. The number of ether oxygens (including phenoxy) is 1. The van der Waals surface area contributed by atoms with E-state index >= 15 is 0 Å². The number of hydrogen-bond acceptors (Lipinski definition) is 4. The Kier molecular flexibility index (Phi) is 7.75. The number of nitrogens with zero attached hydrogens (tertiary/aromatic N) is 1. The van der Waals surface area contributed by atoms with Crippen LogP contribution >= 0.6 is 27.5 Å². The highest BCUT2D eigenvalue weighted by atomic mass is 79.9. The van der Waals surface area contributed by atoms with E-state index in [1.165, 1.54) is 30.5 Å². The molecule has 6 nitrogen and oxygen atoms in total. The van der Waals surface area contributed by atoms with Crippen LogP contribution in [0.25, 0.3) is 0 Å². The molecule has 3 aromatic rings. The maximum absolute atomic E-state index is 12.9. The lowest BCUT2D eigenvalue weighted by Crippen LogP contribution is -2.32. The molecule has 158 valence electrons. The van der Waals surface area contributed by atoms with E-state index in [1.807, 2.05) is 18.2 Å². The van der Waals surface area contributed by atoms with Crippen molar-refractivity contribution in [1.82, 2.24) is 5.43 Å². The summed E-state index contributed by atoms with van der Waals surface area (Å²) in [6, 6.07) is 17.7. The van der Waals surface area contributed by atoms with Gasteiger partial charge in [0.25, 0.3) is 0 Å². The number of carbonyl (C=O) groups is 2. The smallest absolute Gasteiger partial charge is 0.329 e. The van der Waals surface area contributed by atoms with Crippen molar-refractivity contribution in [2.45, 2.75) is 6.61 Å². The topological polar surface area (TPSA) is 79.8 Å². The Hall–Kier alpha value is -3.23. The van der Waals surface area contributed by atoms with Crippen molar-refractivity contribution < 1.29 is 18.7 Å². The monoisotopic (exact) mass is 503 g/mol. The summed E-state index contributed by atoms with van der Waals surface area (Å²) in [5, 5.41) is 6.74. The molecule has 0 aliphatic heterocycles. The average molecular weight is 505 g/mol. The first-order valence-electron chi connectivity index (χ1n) is 8.98. The van der Waals surface area contributed by atoms with Gasteiger partial charge in [0.2, 0.25) is 0 Å². The molecular formula is C22H16BrClFN3O3. The number of benzene rings is 3. The van der Waals surface area contributed by atoms with E-state index in [2.05, 4.69) is 31.8 Å². The fraction of sp³-hybridized carbons (Fsp3) is 0.0455. The quantitative estimate of drug-likeness (QED) is 0.284. The summed E-state index contributed by atoms with van der Waals surface area (Å²) in [6.07, 6.45) is 1.38. The first kappa shape index (κ1) is 22.5. The zero-order valence-electron chi connectivity index (χ0n) is 15.9. The van der Waals surface area contributed by atoms with Gasteiger partial charge in [0, 0.05) is 16.3 Å². The maximum atomic E-state index is 12.9. The molecule has 31 heavy (non-hydrogen) atoms. The van der Waals surface area contributed by atoms with Gasteiger partial charge in [-0.05, 0) is 70.0 Å². The number of halogens is 3. The molecule has 0 unspecified atom stereocenters. The van der Waals surface area contributed by atoms with Gasteiger partial charge in [-0.1, -0.05) is 29.8 Å². The molecule has 0 spiro atoms. The molecule has 0 aliphatic carbocycles. The molecule has 0 bridgehead atoms. The maximum Gasteiger partial charge on any atom is 0.329 e. The van der Waals surface area contributed by atoms with Crippen molar-refractivity contribution in [1.29, 1.82) is 0 Å². The number of amides is 2. The molecule has 0 heterocycles. The minimum absolute atomic E-state index is 0.293. The van der Waals surface area contributed by atoms with Crippen molar-refractivity contribution in [2.24, 2.45) is 5.10 Å². The number of carbonyl (C=O) groups excluding carboxylic acids is 2. The predicted octanol–water partition coefficient (Wildman–Crippen LogP) is 4.91. The van der Waals surface area contributed by atoms with Crippen LogP contribution in [0.1, 0.15) is 11.1 Å². The van der Waals surface area contributed by atoms with Gasteiger partial charge in [-0.3, -0.25) is 9.59 Å². The Labute approximate surface area is 191 Å². The lowest BCUT2D eigenvalue weighted by Gasteiger charge is -2.10. The Balaban J connectivity index is 1.53. The van der Waals surface area contributed by atoms with Crippen LogP contribution in [0.3, 0.4) is 0 Å². The second-order valence-corrected chi connectivity index (χ2v) is 7.49. The number of rotatable bonds is 6. The molecule has 0 radical (unpaired) electrons. The molecule has 0 saturated heterocycles. The van der Waals surface area contributed by atoms with E-state index in [0.717, 1.165) is 5.56 Å². The van der Waals surface area contributed by atoms with Crippen LogP contribution in [0.2, 0.25) is 5.02 Å². The zero-order valence-corrected chi connectivity index (χ0v) is 18.3. The van der Waals surface area contributed by atoms with Gasteiger partial charge in [-0.2, -0.15) is 5.10 Å². The van der Waals surface area contributed by atoms with Gasteiger partial charge in [-0.25, -0.2) is 9.82 Å². The molecule has 3 rings (SSSR count). The van der Waals surface area contributed by atoms with Gasteiger partial charge in [-0.15, -0.1) is 0 Å². The lowest BCUT2D eigenvalue weighted by atomic mass is 10.2. The number of hydrogen-bond donors (Lipinski definition) is 2. The molecule has 0 fully saturated rings. The zero-order chi connectivity index (χ0) is 22.2. The number of anilines is 1. The average Bonchev–Trinajstić information content (AvgIpc) is 2.75. The van der Waals surface area contributed by atoms with E-state index in [9.17, 15) is 14.0 Å². The van der Waals surface area contributed by atoms with Crippen molar-refractivity contribution >= 4 is 51.2 Å². The third-order valence-corrected chi connectivity index (χ3v) is 4.97. The third kappa shape index (κ3) is 6.63. The van der Waals surface area contributed by atoms with E-state index in [4.69, 9.17) is 16.3 Å². The summed E-state index contributed by atoms with van der Waals surface area (Å²) in [5.74, 6) is -1.72. The highest BCUT2D eigenvalue weighted by Gasteiger charge is 2.12. The second-order valence-electron chi connectivity index (χ2n) is 6.23. The molecule has 0 saturated carbocycles. The van der Waals surface area contributed by atoms with E-state index in [0.29, 0.717) is 33.1 Å². The van der Waals surface area contributed by atoms with Crippen molar-refractivity contribution in [3.63, 3.8) is 0 Å². The Bertz CT molecular complexity index is 1120. The van der Waals surface area contributed by atoms with Gasteiger partial charge < -0.3 is 10.1 Å². The Morgan fingerprint density at radius 1 is 1.06 bits per heavy atom. The Morgan fingerprint density at radius 3 is 2.52 bits per heavy atom. The molecule has 3 aromatic carbocycles. The second kappa shape index (κ2) is 10.7. The lowest BCUT2D eigenvalue weighted by molar-refractivity contribution is -0.136. The van der Waals surface area contributed by atoms with Crippen molar-refractivity contribution in [2.75, 3.05) is 5.32 Å². The summed E-state index contributed by atoms with van der Waals surface area (Å²) in [6.45, 7) is 0.310. The van der Waals surface area contributed by atoms with Gasteiger partial charge >= 0.3 is 11.8 Å². The number of hydrazone groups is 1. The van der Waals surface area contributed by atoms with E-state index in [1.54, 1.807) is 24.3 Å². The van der Waals surface area contributed by atoms with Crippen LogP contribution in [-0.4, -0.2) is 18.0 Å².